The number of nitrogens with two attached hydrogens (primary N) is 1. The zero-order valence-electron chi connectivity index (χ0n) is 12.8. The lowest BCUT2D eigenvalue weighted by molar-refractivity contribution is -0.117. The predicted molar refractivity (Wildman–Crippen MR) is 84.2 cm³/mol. The van der Waals surface area contributed by atoms with Crippen LogP contribution in [0.4, 0.5) is 5.69 Å². The van der Waals surface area contributed by atoms with Crippen LogP contribution in [-0.4, -0.2) is 49.4 Å². The van der Waals surface area contributed by atoms with Gasteiger partial charge in [-0.3, -0.25) is 14.5 Å². The fraction of sp³-hybridized carbons (Fsp3) is 0.467. The largest absolute Gasteiger partial charge is 0.351 e. The minimum Gasteiger partial charge on any atom is -0.351 e. The van der Waals surface area contributed by atoms with Crippen LogP contribution in [0.5, 0.6) is 0 Å². The van der Waals surface area contributed by atoms with Crippen LogP contribution in [0.1, 0.15) is 24.2 Å². The molecule has 4 N–H and O–H groups in total. The number of rotatable bonds is 7. The van der Waals surface area contributed by atoms with E-state index in [-0.39, 0.29) is 24.4 Å². The van der Waals surface area contributed by atoms with E-state index in [9.17, 15) is 9.59 Å². The number of amides is 2. The molecule has 0 aliphatic heterocycles. The molecular formula is C15H24N4O2. The van der Waals surface area contributed by atoms with Gasteiger partial charge in [0.1, 0.15) is 0 Å². The quantitative estimate of drug-likeness (QED) is 0.689. The number of anilines is 1. The molecule has 1 aromatic carbocycles. The predicted octanol–water partition coefficient (Wildman–Crippen LogP) is 0.654. The van der Waals surface area contributed by atoms with Crippen molar-refractivity contribution in [2.75, 3.05) is 32.0 Å². The summed E-state index contributed by atoms with van der Waals surface area (Å²) in [4.78, 5) is 25.9. The summed E-state index contributed by atoms with van der Waals surface area (Å²) in [5, 5.41) is 5.48. The standard InChI is InChI=1S/C15H24N4O2/c1-11(2)19(3)10-14(20)18-13-7-5-4-6-12(13)15(21)17-9-8-16/h4-7,11H,8-10,16H2,1-3H3,(H,17,21)(H,18,20). The average Bonchev–Trinajstić information content (AvgIpc) is 2.45. The van der Waals surface area contributed by atoms with Crippen molar-refractivity contribution in [2.24, 2.45) is 5.73 Å². The van der Waals surface area contributed by atoms with E-state index in [4.69, 9.17) is 5.73 Å². The highest BCUT2D eigenvalue weighted by atomic mass is 16.2. The van der Waals surface area contributed by atoms with Gasteiger partial charge in [0.2, 0.25) is 5.91 Å². The lowest BCUT2D eigenvalue weighted by Crippen LogP contribution is -2.35. The van der Waals surface area contributed by atoms with Crippen LogP contribution in [0.3, 0.4) is 0 Å². The van der Waals surface area contributed by atoms with Gasteiger partial charge in [-0.25, -0.2) is 0 Å². The molecule has 2 amide bonds. The molecule has 0 unspecified atom stereocenters. The van der Waals surface area contributed by atoms with Crippen LogP contribution >= 0.6 is 0 Å². The summed E-state index contributed by atoms with van der Waals surface area (Å²) in [6.45, 7) is 5.08. The highest BCUT2D eigenvalue weighted by molar-refractivity contribution is 6.04. The number of hydrogen-bond donors (Lipinski definition) is 3. The molecule has 0 bridgehead atoms. The summed E-state index contributed by atoms with van der Waals surface area (Å²) in [5.41, 5.74) is 6.31. The minimum atomic E-state index is -0.242. The second-order valence-corrected chi connectivity index (χ2v) is 5.15. The molecule has 6 nitrogen and oxygen atoms in total. The summed E-state index contributed by atoms with van der Waals surface area (Å²) in [5.74, 6) is -0.390. The monoisotopic (exact) mass is 292 g/mol. The van der Waals surface area contributed by atoms with Crippen LogP contribution in [-0.2, 0) is 4.79 Å². The highest BCUT2D eigenvalue weighted by Gasteiger charge is 2.14. The van der Waals surface area contributed by atoms with E-state index in [0.717, 1.165) is 0 Å². The van der Waals surface area contributed by atoms with Crippen LogP contribution in [0.2, 0.25) is 0 Å². The van der Waals surface area contributed by atoms with Crippen LogP contribution < -0.4 is 16.4 Å². The Morgan fingerprint density at radius 2 is 1.95 bits per heavy atom. The van der Waals surface area contributed by atoms with E-state index < -0.39 is 0 Å². The fourth-order valence-corrected chi connectivity index (χ4v) is 1.67. The van der Waals surface area contributed by atoms with E-state index in [1.54, 1.807) is 24.3 Å². The first-order chi connectivity index (χ1) is 9.95. The maximum atomic E-state index is 12.0. The summed E-state index contributed by atoms with van der Waals surface area (Å²) in [6.07, 6.45) is 0. The Balaban J connectivity index is 2.75. The van der Waals surface area contributed by atoms with E-state index in [0.29, 0.717) is 24.3 Å². The molecule has 1 aromatic rings. The van der Waals surface area contributed by atoms with Gasteiger partial charge in [0.05, 0.1) is 17.8 Å². The summed E-state index contributed by atoms with van der Waals surface area (Å²) >= 11 is 0. The van der Waals surface area contributed by atoms with Crippen molar-refractivity contribution in [3.05, 3.63) is 29.8 Å². The summed E-state index contributed by atoms with van der Waals surface area (Å²) in [7, 11) is 1.88. The molecule has 0 radical (unpaired) electrons. The second-order valence-electron chi connectivity index (χ2n) is 5.15. The van der Waals surface area contributed by atoms with E-state index in [2.05, 4.69) is 10.6 Å². The summed E-state index contributed by atoms with van der Waals surface area (Å²) < 4.78 is 0. The van der Waals surface area contributed by atoms with E-state index in [1.165, 1.54) is 0 Å². The zero-order valence-corrected chi connectivity index (χ0v) is 12.8. The minimum absolute atomic E-state index is 0.148. The van der Waals surface area contributed by atoms with Gasteiger partial charge in [-0.15, -0.1) is 0 Å². The van der Waals surface area contributed by atoms with Crippen molar-refractivity contribution in [1.29, 1.82) is 0 Å². The SMILES string of the molecule is CC(C)N(C)CC(=O)Nc1ccccc1C(=O)NCCN. The van der Waals surface area contributed by atoms with Crippen LogP contribution in [0.25, 0.3) is 0 Å². The van der Waals surface area contributed by atoms with Crippen LogP contribution in [0, 0.1) is 0 Å². The molecule has 0 fully saturated rings. The zero-order chi connectivity index (χ0) is 15.8. The number of benzene rings is 1. The number of likely N-dealkylation sites (N-methyl/N-ethyl adjacent to an activating group) is 1. The van der Waals surface area contributed by atoms with Gasteiger partial charge in [0.15, 0.2) is 0 Å². The van der Waals surface area contributed by atoms with Gasteiger partial charge >= 0.3 is 0 Å². The highest BCUT2D eigenvalue weighted by Crippen LogP contribution is 2.14. The van der Waals surface area contributed by atoms with E-state index >= 15 is 0 Å². The molecular weight excluding hydrogens is 268 g/mol. The van der Waals surface area contributed by atoms with Gasteiger partial charge in [0.25, 0.3) is 5.91 Å². The lowest BCUT2D eigenvalue weighted by Gasteiger charge is -2.20. The van der Waals surface area contributed by atoms with Gasteiger partial charge in [0, 0.05) is 19.1 Å². The molecule has 0 saturated heterocycles. The summed E-state index contributed by atoms with van der Waals surface area (Å²) in [6, 6.07) is 7.20. The van der Waals surface area contributed by atoms with Gasteiger partial charge in [-0.2, -0.15) is 0 Å². The number of para-hydroxylation sites is 1. The Labute approximate surface area is 125 Å². The molecule has 0 aromatic heterocycles. The molecule has 0 saturated carbocycles. The molecule has 0 atom stereocenters. The average molecular weight is 292 g/mol. The van der Waals surface area contributed by atoms with Crippen molar-refractivity contribution >= 4 is 17.5 Å². The smallest absolute Gasteiger partial charge is 0.253 e. The number of nitrogens with one attached hydrogen (secondary N) is 2. The second kappa shape index (κ2) is 8.39. The third-order valence-corrected chi connectivity index (χ3v) is 3.15. The lowest BCUT2D eigenvalue weighted by atomic mass is 10.1. The molecule has 21 heavy (non-hydrogen) atoms. The first-order valence-electron chi connectivity index (χ1n) is 7.03. The molecule has 0 aliphatic carbocycles. The van der Waals surface area contributed by atoms with Crippen molar-refractivity contribution < 1.29 is 9.59 Å². The number of nitrogens with zero attached hydrogens (tertiary/aromatic N) is 1. The Kier molecular flexibility index (Phi) is 6.84. The third kappa shape index (κ3) is 5.53. The first-order valence-corrected chi connectivity index (χ1v) is 7.03. The maximum Gasteiger partial charge on any atom is 0.253 e. The van der Waals surface area contributed by atoms with Crippen LogP contribution in [0.15, 0.2) is 24.3 Å². The Morgan fingerprint density at radius 3 is 2.57 bits per heavy atom. The van der Waals surface area contributed by atoms with Crippen molar-refractivity contribution in [1.82, 2.24) is 10.2 Å². The van der Waals surface area contributed by atoms with Crippen molar-refractivity contribution in [2.45, 2.75) is 19.9 Å². The van der Waals surface area contributed by atoms with Gasteiger partial charge in [-0.1, -0.05) is 12.1 Å². The molecule has 0 aliphatic rings. The number of hydrogen-bond acceptors (Lipinski definition) is 4. The van der Waals surface area contributed by atoms with Gasteiger partial charge < -0.3 is 16.4 Å². The normalized spacial score (nSPS) is 10.8. The fourth-order valence-electron chi connectivity index (χ4n) is 1.67. The number of carbonyl (C=O) groups excluding carboxylic acids is 2. The molecule has 0 heterocycles. The Morgan fingerprint density at radius 1 is 1.29 bits per heavy atom. The molecule has 0 spiro atoms. The maximum absolute atomic E-state index is 12.0. The van der Waals surface area contributed by atoms with Crippen molar-refractivity contribution in [3.8, 4) is 0 Å². The first kappa shape index (κ1) is 17.1. The van der Waals surface area contributed by atoms with E-state index in [1.807, 2.05) is 25.8 Å². The topological polar surface area (TPSA) is 87.5 Å². The van der Waals surface area contributed by atoms with Crippen molar-refractivity contribution in [3.63, 3.8) is 0 Å². The molecule has 6 heteroatoms. The third-order valence-electron chi connectivity index (χ3n) is 3.15. The van der Waals surface area contributed by atoms with Gasteiger partial charge in [-0.05, 0) is 33.0 Å². The molecule has 1 rings (SSSR count). The Hall–Kier alpha value is -1.92. The number of carbonyl (C=O) groups is 2. The Bertz CT molecular complexity index is 488. The molecule has 116 valence electrons.